The van der Waals surface area contributed by atoms with Gasteiger partial charge in [-0.05, 0) is 12.8 Å². The van der Waals surface area contributed by atoms with Crippen LogP contribution in [0.25, 0.3) is 0 Å². The highest BCUT2D eigenvalue weighted by Gasteiger charge is 2.26. The fourth-order valence-corrected chi connectivity index (χ4v) is 3.54. The third-order valence-electron chi connectivity index (χ3n) is 3.93. The first-order valence-electron chi connectivity index (χ1n) is 8.00. The van der Waals surface area contributed by atoms with Gasteiger partial charge in [-0.2, -0.15) is 0 Å². The number of likely N-dealkylation sites (tertiary alicyclic amines) is 1. The van der Waals surface area contributed by atoms with Gasteiger partial charge in [-0.25, -0.2) is 4.98 Å². The molecule has 0 saturated carbocycles. The number of thiazole rings is 1. The number of carbonyl (C=O) groups excluding carboxylic acids is 2. The fraction of sp³-hybridized carbons (Fsp3) is 0.688. The second-order valence-corrected chi connectivity index (χ2v) is 7.05. The summed E-state index contributed by atoms with van der Waals surface area (Å²) in [6.07, 6.45) is 2.03. The molecule has 2 rings (SSSR count). The van der Waals surface area contributed by atoms with Crippen LogP contribution in [0.1, 0.15) is 43.3 Å². The quantitative estimate of drug-likeness (QED) is 0.857. The van der Waals surface area contributed by atoms with E-state index in [4.69, 9.17) is 4.74 Å². The molecule has 0 aliphatic carbocycles. The van der Waals surface area contributed by atoms with Crippen LogP contribution in [-0.2, 0) is 20.9 Å². The van der Waals surface area contributed by atoms with Gasteiger partial charge in [0.15, 0.2) is 0 Å². The van der Waals surface area contributed by atoms with Crippen LogP contribution in [0.5, 0.6) is 0 Å². The SMILES string of the molecule is COCC(=O)N1CCCC(c2nc(CNC(=O)C(C)C)cs2)C1. The maximum Gasteiger partial charge on any atom is 0.248 e. The number of piperidine rings is 1. The monoisotopic (exact) mass is 339 g/mol. The van der Waals surface area contributed by atoms with Crippen molar-refractivity contribution in [1.82, 2.24) is 15.2 Å². The van der Waals surface area contributed by atoms with Crippen LogP contribution in [0.15, 0.2) is 5.38 Å². The van der Waals surface area contributed by atoms with Gasteiger partial charge >= 0.3 is 0 Å². The summed E-state index contributed by atoms with van der Waals surface area (Å²) in [5, 5.41) is 5.92. The summed E-state index contributed by atoms with van der Waals surface area (Å²) in [7, 11) is 1.54. The highest BCUT2D eigenvalue weighted by molar-refractivity contribution is 7.09. The van der Waals surface area contributed by atoms with Gasteiger partial charge in [0.1, 0.15) is 6.61 Å². The topological polar surface area (TPSA) is 71.5 Å². The number of nitrogens with zero attached hydrogens (tertiary/aromatic N) is 2. The van der Waals surface area contributed by atoms with E-state index < -0.39 is 0 Å². The van der Waals surface area contributed by atoms with Crippen molar-refractivity contribution < 1.29 is 14.3 Å². The summed E-state index contributed by atoms with van der Waals surface area (Å²) in [6.45, 7) is 5.84. The van der Waals surface area contributed by atoms with Crippen LogP contribution < -0.4 is 5.32 Å². The molecule has 1 atom stereocenters. The number of hydrogen-bond acceptors (Lipinski definition) is 5. The Morgan fingerprint density at radius 2 is 2.30 bits per heavy atom. The van der Waals surface area contributed by atoms with Crippen LogP contribution in [0, 0.1) is 5.92 Å². The van der Waals surface area contributed by atoms with E-state index in [1.807, 2.05) is 24.1 Å². The van der Waals surface area contributed by atoms with Crippen molar-refractivity contribution in [3.8, 4) is 0 Å². The Balaban J connectivity index is 1.91. The lowest BCUT2D eigenvalue weighted by Gasteiger charge is -2.31. The Morgan fingerprint density at radius 3 is 3.00 bits per heavy atom. The smallest absolute Gasteiger partial charge is 0.248 e. The number of methoxy groups -OCH3 is 1. The number of aromatic nitrogens is 1. The molecular weight excluding hydrogens is 314 g/mol. The molecule has 0 spiro atoms. The number of rotatable bonds is 6. The van der Waals surface area contributed by atoms with E-state index >= 15 is 0 Å². The molecule has 1 aromatic rings. The minimum absolute atomic E-state index is 0.0215. The lowest BCUT2D eigenvalue weighted by Crippen LogP contribution is -2.40. The summed E-state index contributed by atoms with van der Waals surface area (Å²) in [5.74, 6) is 0.336. The van der Waals surface area contributed by atoms with E-state index in [-0.39, 0.29) is 30.3 Å². The van der Waals surface area contributed by atoms with Crippen LogP contribution in [-0.4, -0.2) is 48.5 Å². The average molecular weight is 339 g/mol. The molecule has 1 saturated heterocycles. The van der Waals surface area contributed by atoms with Gasteiger partial charge in [-0.15, -0.1) is 11.3 Å². The lowest BCUT2D eigenvalue weighted by atomic mass is 9.98. The molecule has 23 heavy (non-hydrogen) atoms. The predicted octanol–water partition coefficient (Wildman–Crippen LogP) is 1.77. The highest BCUT2D eigenvalue weighted by atomic mass is 32.1. The average Bonchev–Trinajstić information content (AvgIpc) is 3.02. The van der Waals surface area contributed by atoms with Crippen molar-refractivity contribution in [2.45, 2.75) is 39.2 Å². The molecule has 1 aromatic heterocycles. The molecule has 1 aliphatic rings. The molecule has 6 nitrogen and oxygen atoms in total. The molecule has 0 aromatic carbocycles. The molecule has 2 amide bonds. The zero-order chi connectivity index (χ0) is 16.8. The summed E-state index contributed by atoms with van der Waals surface area (Å²) in [4.78, 5) is 30.1. The van der Waals surface area contributed by atoms with Gasteiger partial charge in [-0.1, -0.05) is 13.8 Å². The molecule has 0 bridgehead atoms. The Labute approximate surface area is 141 Å². The molecule has 0 radical (unpaired) electrons. The summed E-state index contributed by atoms with van der Waals surface area (Å²) < 4.78 is 4.93. The Hall–Kier alpha value is -1.47. The van der Waals surface area contributed by atoms with E-state index in [9.17, 15) is 9.59 Å². The van der Waals surface area contributed by atoms with Crippen LogP contribution in [0.2, 0.25) is 0 Å². The number of nitrogens with one attached hydrogen (secondary N) is 1. The molecule has 1 fully saturated rings. The maximum absolute atomic E-state index is 12.0. The van der Waals surface area contributed by atoms with Crippen molar-refractivity contribution in [2.24, 2.45) is 5.92 Å². The number of amides is 2. The molecular formula is C16H25N3O3S. The maximum atomic E-state index is 12.0. The summed E-state index contributed by atoms with van der Waals surface area (Å²) in [5.41, 5.74) is 0.888. The number of carbonyl (C=O) groups is 2. The first kappa shape index (κ1) is 17.9. The van der Waals surface area contributed by atoms with Crippen LogP contribution in [0.4, 0.5) is 0 Å². The zero-order valence-electron chi connectivity index (χ0n) is 14.0. The van der Waals surface area contributed by atoms with Gasteiger partial charge in [0.05, 0.1) is 17.2 Å². The Morgan fingerprint density at radius 1 is 1.52 bits per heavy atom. The highest BCUT2D eigenvalue weighted by Crippen LogP contribution is 2.29. The van der Waals surface area contributed by atoms with Crippen molar-refractivity contribution >= 4 is 23.2 Å². The van der Waals surface area contributed by atoms with Gasteiger partial charge in [0.2, 0.25) is 11.8 Å². The van der Waals surface area contributed by atoms with Gasteiger partial charge in [0.25, 0.3) is 0 Å². The van der Waals surface area contributed by atoms with E-state index in [0.29, 0.717) is 13.1 Å². The van der Waals surface area contributed by atoms with E-state index in [2.05, 4.69) is 10.3 Å². The second-order valence-electron chi connectivity index (χ2n) is 6.16. The minimum atomic E-state index is -0.0215. The first-order chi connectivity index (χ1) is 11.0. The molecule has 1 unspecified atom stereocenters. The van der Waals surface area contributed by atoms with Gasteiger partial charge in [0, 0.05) is 37.4 Å². The largest absolute Gasteiger partial charge is 0.375 e. The predicted molar refractivity (Wildman–Crippen MR) is 89.2 cm³/mol. The molecule has 1 N–H and O–H groups in total. The minimum Gasteiger partial charge on any atom is -0.375 e. The first-order valence-corrected chi connectivity index (χ1v) is 8.88. The Bertz CT molecular complexity index is 544. The van der Waals surface area contributed by atoms with E-state index in [1.165, 1.54) is 7.11 Å². The fourth-order valence-electron chi connectivity index (χ4n) is 2.59. The standard InChI is InChI=1S/C16H25N3O3S/c1-11(2)15(21)17-7-13-10-23-16(18-13)12-5-4-6-19(8-12)14(20)9-22-3/h10-12H,4-9H2,1-3H3,(H,17,21). The molecule has 2 heterocycles. The lowest BCUT2D eigenvalue weighted by molar-refractivity contribution is -0.136. The normalized spacial score (nSPS) is 18.3. The summed E-state index contributed by atoms with van der Waals surface area (Å²) in [6, 6.07) is 0. The van der Waals surface area contributed by atoms with E-state index in [1.54, 1.807) is 11.3 Å². The van der Waals surface area contributed by atoms with Crippen molar-refractivity contribution in [1.29, 1.82) is 0 Å². The third kappa shape index (κ3) is 5.00. The van der Waals surface area contributed by atoms with Gasteiger partial charge < -0.3 is 15.0 Å². The number of hydrogen-bond donors (Lipinski definition) is 1. The molecule has 1 aliphatic heterocycles. The van der Waals surface area contributed by atoms with Gasteiger partial charge in [-0.3, -0.25) is 9.59 Å². The Kier molecular flexibility index (Phi) is 6.53. The van der Waals surface area contributed by atoms with Crippen molar-refractivity contribution in [3.05, 3.63) is 16.1 Å². The van der Waals surface area contributed by atoms with E-state index in [0.717, 1.165) is 30.1 Å². The van der Waals surface area contributed by atoms with Crippen LogP contribution in [0.3, 0.4) is 0 Å². The number of ether oxygens (including phenoxy) is 1. The molecule has 128 valence electrons. The zero-order valence-corrected chi connectivity index (χ0v) is 14.8. The second kappa shape index (κ2) is 8.40. The van der Waals surface area contributed by atoms with Crippen LogP contribution >= 0.6 is 11.3 Å². The molecule has 7 heteroatoms. The third-order valence-corrected chi connectivity index (χ3v) is 4.98. The summed E-state index contributed by atoms with van der Waals surface area (Å²) >= 11 is 1.61. The van der Waals surface area contributed by atoms with Crippen molar-refractivity contribution in [3.63, 3.8) is 0 Å². The van der Waals surface area contributed by atoms with Crippen molar-refractivity contribution in [2.75, 3.05) is 26.8 Å².